The molecule has 0 aromatic heterocycles. The Morgan fingerprint density at radius 1 is 1.06 bits per heavy atom. The molecule has 166 valence electrons. The molecule has 1 aliphatic rings. The zero-order valence-corrected chi connectivity index (χ0v) is 18.9. The number of unbranched alkanes of at least 4 members (excludes halogenated alkanes) is 1. The highest BCUT2D eigenvalue weighted by molar-refractivity contribution is 6.01. The van der Waals surface area contributed by atoms with Gasteiger partial charge in [0.2, 0.25) is 5.91 Å². The van der Waals surface area contributed by atoms with Gasteiger partial charge in [-0.05, 0) is 61.7 Å². The van der Waals surface area contributed by atoms with E-state index >= 15 is 0 Å². The number of amides is 2. The lowest BCUT2D eigenvalue weighted by Crippen LogP contribution is -2.43. The highest BCUT2D eigenvalue weighted by Gasteiger charge is 2.22. The molecule has 6 nitrogen and oxygen atoms in total. The highest BCUT2D eigenvalue weighted by atomic mass is 16.2. The first-order valence-corrected chi connectivity index (χ1v) is 11.2. The van der Waals surface area contributed by atoms with E-state index in [-0.39, 0.29) is 11.8 Å². The molecular weight excluding hydrogens is 388 g/mol. The first kappa shape index (κ1) is 22.7. The van der Waals surface area contributed by atoms with Crippen molar-refractivity contribution in [3.63, 3.8) is 0 Å². The second-order valence-corrected chi connectivity index (χ2v) is 8.34. The van der Waals surface area contributed by atoms with Crippen LogP contribution < -0.4 is 20.4 Å². The van der Waals surface area contributed by atoms with E-state index in [4.69, 9.17) is 0 Å². The second kappa shape index (κ2) is 10.8. The molecule has 1 fully saturated rings. The molecule has 2 aromatic rings. The summed E-state index contributed by atoms with van der Waals surface area (Å²) in [6, 6.07) is 14.8. The average molecular weight is 423 g/mol. The van der Waals surface area contributed by atoms with Crippen molar-refractivity contribution in [2.45, 2.75) is 45.1 Å². The van der Waals surface area contributed by atoms with Crippen LogP contribution in [0.5, 0.6) is 0 Å². The van der Waals surface area contributed by atoms with Gasteiger partial charge in [0.25, 0.3) is 5.91 Å². The van der Waals surface area contributed by atoms with Crippen LogP contribution in [0, 0.1) is 0 Å². The van der Waals surface area contributed by atoms with Gasteiger partial charge in [-0.3, -0.25) is 9.59 Å². The maximum absolute atomic E-state index is 13.0. The van der Waals surface area contributed by atoms with Crippen LogP contribution in [0.4, 0.5) is 17.1 Å². The van der Waals surface area contributed by atoms with Crippen LogP contribution in [-0.4, -0.2) is 45.0 Å². The zero-order chi connectivity index (χ0) is 22.2. The summed E-state index contributed by atoms with van der Waals surface area (Å²) < 4.78 is 0. The number of carbonyl (C=O) groups excluding carboxylic acids is 2. The van der Waals surface area contributed by atoms with E-state index in [1.807, 2.05) is 49.3 Å². The summed E-state index contributed by atoms with van der Waals surface area (Å²) in [4.78, 5) is 30.1. The maximum Gasteiger partial charge on any atom is 0.251 e. The first-order chi connectivity index (χ1) is 15.0. The van der Waals surface area contributed by atoms with Crippen LogP contribution in [-0.2, 0) is 4.79 Å². The molecule has 31 heavy (non-hydrogen) atoms. The molecule has 0 saturated carbocycles. The Morgan fingerprint density at radius 2 is 1.77 bits per heavy atom. The van der Waals surface area contributed by atoms with Crippen LogP contribution in [0.2, 0.25) is 0 Å². The molecule has 0 spiro atoms. The molecule has 1 aliphatic heterocycles. The molecule has 3 rings (SSSR count). The van der Waals surface area contributed by atoms with E-state index in [0.717, 1.165) is 43.0 Å². The number of anilines is 3. The van der Waals surface area contributed by atoms with Crippen LogP contribution in [0.25, 0.3) is 0 Å². The Kier molecular flexibility index (Phi) is 7.93. The summed E-state index contributed by atoms with van der Waals surface area (Å²) >= 11 is 0. The summed E-state index contributed by atoms with van der Waals surface area (Å²) in [5.41, 5.74) is 3.47. The molecule has 1 atom stereocenters. The fraction of sp³-hybridized carbons (Fsp3) is 0.440. The maximum atomic E-state index is 13.0. The van der Waals surface area contributed by atoms with Crippen LogP contribution in [0.15, 0.2) is 48.5 Å². The topological polar surface area (TPSA) is 64.7 Å². The Morgan fingerprint density at radius 3 is 2.42 bits per heavy atom. The lowest BCUT2D eigenvalue weighted by Gasteiger charge is -2.21. The molecule has 0 aliphatic carbocycles. The van der Waals surface area contributed by atoms with Crippen LogP contribution in [0.1, 0.15) is 49.4 Å². The van der Waals surface area contributed by atoms with Crippen molar-refractivity contribution >= 4 is 28.9 Å². The van der Waals surface area contributed by atoms with E-state index in [9.17, 15) is 9.59 Å². The van der Waals surface area contributed by atoms with Gasteiger partial charge in [0, 0.05) is 49.8 Å². The van der Waals surface area contributed by atoms with Gasteiger partial charge in [0.05, 0.1) is 0 Å². The second-order valence-electron chi connectivity index (χ2n) is 8.34. The number of hydrogen-bond acceptors (Lipinski definition) is 4. The largest absolute Gasteiger partial charge is 0.378 e. The first-order valence-electron chi connectivity index (χ1n) is 11.2. The Bertz CT molecular complexity index is 873. The van der Waals surface area contributed by atoms with E-state index < -0.39 is 6.04 Å². The predicted molar refractivity (Wildman–Crippen MR) is 128 cm³/mol. The molecule has 1 heterocycles. The Labute approximate surface area is 185 Å². The Hall–Kier alpha value is -3.02. The minimum Gasteiger partial charge on any atom is -0.378 e. The lowest BCUT2D eigenvalue weighted by atomic mass is 10.1. The van der Waals surface area contributed by atoms with Crippen LogP contribution >= 0.6 is 0 Å². The monoisotopic (exact) mass is 422 g/mol. The summed E-state index contributed by atoms with van der Waals surface area (Å²) in [7, 11) is 3.91. The molecule has 0 radical (unpaired) electrons. The third-order valence-electron chi connectivity index (χ3n) is 5.70. The fourth-order valence-electron chi connectivity index (χ4n) is 3.81. The zero-order valence-electron chi connectivity index (χ0n) is 18.9. The molecule has 6 heteroatoms. The number of nitrogens with zero attached hydrogens (tertiary/aromatic N) is 2. The van der Waals surface area contributed by atoms with Crippen LogP contribution in [0.3, 0.4) is 0 Å². The normalized spacial score (nSPS) is 14.2. The molecule has 2 aromatic carbocycles. The van der Waals surface area contributed by atoms with Crippen molar-refractivity contribution in [2.75, 3.05) is 42.3 Å². The molecule has 2 amide bonds. The molecule has 1 unspecified atom stereocenters. The lowest BCUT2D eigenvalue weighted by molar-refractivity contribution is -0.118. The fourth-order valence-corrected chi connectivity index (χ4v) is 3.81. The van der Waals surface area contributed by atoms with Gasteiger partial charge in [0.15, 0.2) is 0 Å². The summed E-state index contributed by atoms with van der Waals surface area (Å²) in [6.07, 6.45) is 4.84. The average Bonchev–Trinajstić information content (AvgIpc) is 3.31. The smallest absolute Gasteiger partial charge is 0.251 e. The standard InChI is InChI=1S/C25H34N4O2/c1-4-5-11-23(27-24(30)19-12-14-21(15-13-19)28(2)3)25(31)26-20-9-8-10-22(18-20)29-16-6-7-17-29/h8-10,12-15,18,23H,4-7,11,16-17H2,1-3H3,(H,26,31)(H,27,30). The van der Waals surface area contributed by atoms with Gasteiger partial charge in [-0.25, -0.2) is 0 Å². The number of rotatable bonds is 9. The highest BCUT2D eigenvalue weighted by Crippen LogP contribution is 2.23. The minimum absolute atomic E-state index is 0.176. The molecule has 0 bridgehead atoms. The molecule has 1 saturated heterocycles. The van der Waals surface area contributed by atoms with Crippen molar-refractivity contribution in [1.82, 2.24) is 5.32 Å². The van der Waals surface area contributed by atoms with Crippen molar-refractivity contribution in [1.29, 1.82) is 0 Å². The van der Waals surface area contributed by atoms with E-state index in [0.29, 0.717) is 12.0 Å². The SMILES string of the molecule is CCCCC(NC(=O)c1ccc(N(C)C)cc1)C(=O)Nc1cccc(N2CCCC2)c1. The number of hydrogen-bond donors (Lipinski definition) is 2. The van der Waals surface area contributed by atoms with Gasteiger partial charge >= 0.3 is 0 Å². The number of nitrogens with one attached hydrogen (secondary N) is 2. The van der Waals surface area contributed by atoms with E-state index in [1.165, 1.54) is 12.8 Å². The predicted octanol–water partition coefficient (Wildman–Crippen LogP) is 4.28. The van der Waals surface area contributed by atoms with Crippen molar-refractivity contribution < 1.29 is 9.59 Å². The van der Waals surface area contributed by atoms with E-state index in [1.54, 1.807) is 12.1 Å². The number of benzene rings is 2. The number of carbonyl (C=O) groups is 2. The van der Waals surface area contributed by atoms with Crippen molar-refractivity contribution in [3.8, 4) is 0 Å². The van der Waals surface area contributed by atoms with E-state index in [2.05, 4.69) is 28.5 Å². The molecular formula is C25H34N4O2. The van der Waals surface area contributed by atoms with Gasteiger partial charge in [-0.15, -0.1) is 0 Å². The quantitative estimate of drug-likeness (QED) is 0.633. The van der Waals surface area contributed by atoms with Crippen molar-refractivity contribution in [2.24, 2.45) is 0 Å². The summed E-state index contributed by atoms with van der Waals surface area (Å²) in [5.74, 6) is -0.405. The summed E-state index contributed by atoms with van der Waals surface area (Å²) in [5, 5.41) is 5.94. The summed E-state index contributed by atoms with van der Waals surface area (Å²) in [6.45, 7) is 4.19. The van der Waals surface area contributed by atoms with Gasteiger partial charge in [-0.2, -0.15) is 0 Å². The molecule has 2 N–H and O–H groups in total. The van der Waals surface area contributed by atoms with Gasteiger partial charge < -0.3 is 20.4 Å². The van der Waals surface area contributed by atoms with Gasteiger partial charge in [0.1, 0.15) is 6.04 Å². The van der Waals surface area contributed by atoms with Crippen molar-refractivity contribution in [3.05, 3.63) is 54.1 Å². The third-order valence-corrected chi connectivity index (χ3v) is 5.70. The minimum atomic E-state index is -0.573. The van der Waals surface area contributed by atoms with Gasteiger partial charge in [-0.1, -0.05) is 25.8 Å². The third kappa shape index (κ3) is 6.23. The Balaban J connectivity index is 1.67.